The SMILES string of the molecule is Cc1nn(CCC(=O)NC2CCCCC2)c(C)c1S(=O)(=O)N1CCC(C)CC1. The van der Waals surface area contributed by atoms with Gasteiger partial charge in [-0.3, -0.25) is 9.48 Å². The lowest BCUT2D eigenvalue weighted by Gasteiger charge is -2.29. The minimum Gasteiger partial charge on any atom is -0.353 e. The van der Waals surface area contributed by atoms with Crippen LogP contribution in [0.5, 0.6) is 0 Å². The molecular weight excluding hydrogens is 376 g/mol. The van der Waals surface area contributed by atoms with Crippen molar-refractivity contribution in [1.29, 1.82) is 0 Å². The zero-order chi connectivity index (χ0) is 20.3. The first kappa shape index (κ1) is 21.3. The maximum absolute atomic E-state index is 13.1. The number of hydrogen-bond acceptors (Lipinski definition) is 4. The zero-order valence-corrected chi connectivity index (χ0v) is 18.2. The molecule has 0 spiro atoms. The first-order valence-electron chi connectivity index (χ1n) is 10.6. The van der Waals surface area contributed by atoms with E-state index in [-0.39, 0.29) is 5.91 Å². The highest BCUT2D eigenvalue weighted by Gasteiger charge is 2.33. The van der Waals surface area contributed by atoms with Gasteiger partial charge in [0, 0.05) is 25.6 Å². The molecular formula is C20H34N4O3S. The molecule has 1 saturated carbocycles. The van der Waals surface area contributed by atoms with Gasteiger partial charge < -0.3 is 5.32 Å². The van der Waals surface area contributed by atoms with Crippen LogP contribution in [-0.2, 0) is 21.4 Å². The van der Waals surface area contributed by atoms with Crippen LogP contribution in [0, 0.1) is 19.8 Å². The quantitative estimate of drug-likeness (QED) is 0.781. The van der Waals surface area contributed by atoms with Crippen LogP contribution in [0.3, 0.4) is 0 Å². The molecule has 0 radical (unpaired) electrons. The summed E-state index contributed by atoms with van der Waals surface area (Å²) in [6, 6.07) is 0.291. The molecule has 1 aliphatic carbocycles. The molecule has 158 valence electrons. The van der Waals surface area contributed by atoms with E-state index >= 15 is 0 Å². The molecule has 1 aromatic heterocycles. The standard InChI is InChI=1S/C20H34N4O3S/c1-15-9-12-23(13-10-15)28(26,27)20-16(2)22-24(17(20)3)14-11-19(25)21-18-7-5-4-6-8-18/h15,18H,4-14H2,1-3H3,(H,21,25). The third-order valence-corrected chi connectivity index (χ3v) is 8.33. The Bertz CT molecular complexity index is 789. The smallest absolute Gasteiger partial charge is 0.246 e. The average molecular weight is 411 g/mol. The molecule has 1 aliphatic heterocycles. The molecule has 2 aliphatic rings. The number of nitrogens with one attached hydrogen (secondary N) is 1. The summed E-state index contributed by atoms with van der Waals surface area (Å²) in [7, 11) is -3.54. The fourth-order valence-electron chi connectivity index (χ4n) is 4.38. The van der Waals surface area contributed by atoms with Crippen LogP contribution in [0.1, 0.15) is 69.7 Å². The molecule has 0 bridgehead atoms. The predicted octanol–water partition coefficient (Wildman–Crippen LogP) is 2.76. The lowest BCUT2D eigenvalue weighted by Crippen LogP contribution is -2.38. The number of aromatic nitrogens is 2. The summed E-state index contributed by atoms with van der Waals surface area (Å²) in [5.41, 5.74) is 1.14. The van der Waals surface area contributed by atoms with Gasteiger partial charge in [0.2, 0.25) is 15.9 Å². The Balaban J connectivity index is 1.65. The summed E-state index contributed by atoms with van der Waals surface area (Å²) < 4.78 is 29.5. The Kier molecular flexibility index (Phi) is 6.81. The van der Waals surface area contributed by atoms with E-state index in [2.05, 4.69) is 17.3 Å². The van der Waals surface area contributed by atoms with Crippen LogP contribution >= 0.6 is 0 Å². The first-order chi connectivity index (χ1) is 13.3. The van der Waals surface area contributed by atoms with Crippen LogP contribution in [0.4, 0.5) is 0 Å². The Hall–Kier alpha value is -1.41. The Morgan fingerprint density at radius 3 is 2.39 bits per heavy atom. The monoisotopic (exact) mass is 410 g/mol. The normalized spacial score (nSPS) is 20.4. The molecule has 7 nitrogen and oxygen atoms in total. The second-order valence-corrected chi connectivity index (χ2v) is 10.3. The van der Waals surface area contributed by atoms with Crippen molar-refractivity contribution in [3.05, 3.63) is 11.4 Å². The minimum absolute atomic E-state index is 0.0221. The van der Waals surface area contributed by atoms with E-state index in [4.69, 9.17) is 0 Å². The van der Waals surface area contributed by atoms with Crippen molar-refractivity contribution in [3.8, 4) is 0 Å². The van der Waals surface area contributed by atoms with Gasteiger partial charge in [-0.15, -0.1) is 0 Å². The highest BCUT2D eigenvalue weighted by molar-refractivity contribution is 7.89. The van der Waals surface area contributed by atoms with Crippen molar-refractivity contribution in [2.45, 2.75) is 89.6 Å². The molecule has 2 heterocycles. The average Bonchev–Trinajstić information content (AvgIpc) is 2.95. The highest BCUT2D eigenvalue weighted by Crippen LogP contribution is 2.27. The van der Waals surface area contributed by atoms with Crippen molar-refractivity contribution in [3.63, 3.8) is 0 Å². The van der Waals surface area contributed by atoms with E-state index in [0.29, 0.717) is 54.3 Å². The molecule has 1 saturated heterocycles. The van der Waals surface area contributed by atoms with Gasteiger partial charge in [0.1, 0.15) is 4.90 Å². The summed E-state index contributed by atoms with van der Waals surface area (Å²) in [5.74, 6) is 0.591. The van der Waals surface area contributed by atoms with Crippen molar-refractivity contribution in [1.82, 2.24) is 19.4 Å². The van der Waals surface area contributed by atoms with Gasteiger partial charge >= 0.3 is 0 Å². The molecule has 1 aromatic rings. The van der Waals surface area contributed by atoms with Gasteiger partial charge in [-0.2, -0.15) is 9.40 Å². The molecule has 1 N–H and O–H groups in total. The lowest BCUT2D eigenvalue weighted by atomic mass is 9.95. The van der Waals surface area contributed by atoms with E-state index in [9.17, 15) is 13.2 Å². The van der Waals surface area contributed by atoms with Crippen molar-refractivity contribution >= 4 is 15.9 Å². The summed E-state index contributed by atoms with van der Waals surface area (Å²) in [4.78, 5) is 12.6. The van der Waals surface area contributed by atoms with Crippen molar-refractivity contribution in [2.24, 2.45) is 5.92 Å². The summed E-state index contributed by atoms with van der Waals surface area (Å²) in [6.45, 7) is 7.23. The Morgan fingerprint density at radius 1 is 1.11 bits per heavy atom. The first-order valence-corrected chi connectivity index (χ1v) is 12.1. The van der Waals surface area contributed by atoms with Crippen LogP contribution in [0.15, 0.2) is 4.90 Å². The number of piperidine rings is 1. The maximum atomic E-state index is 13.1. The number of nitrogens with zero attached hydrogens (tertiary/aromatic N) is 3. The molecule has 28 heavy (non-hydrogen) atoms. The molecule has 0 aromatic carbocycles. The number of hydrogen-bond donors (Lipinski definition) is 1. The van der Waals surface area contributed by atoms with Gasteiger partial charge in [0.15, 0.2) is 0 Å². The van der Waals surface area contributed by atoms with Crippen LogP contribution < -0.4 is 5.32 Å². The molecule has 0 unspecified atom stereocenters. The van der Waals surface area contributed by atoms with Gasteiger partial charge in [0.05, 0.1) is 17.9 Å². The summed E-state index contributed by atoms with van der Waals surface area (Å²) in [5, 5.41) is 7.55. The van der Waals surface area contributed by atoms with Crippen molar-refractivity contribution in [2.75, 3.05) is 13.1 Å². The lowest BCUT2D eigenvalue weighted by molar-refractivity contribution is -0.122. The predicted molar refractivity (Wildman–Crippen MR) is 108 cm³/mol. The second kappa shape index (κ2) is 8.95. The molecule has 8 heteroatoms. The van der Waals surface area contributed by atoms with Gasteiger partial charge in [-0.05, 0) is 45.4 Å². The minimum atomic E-state index is -3.54. The third kappa shape index (κ3) is 4.76. The number of carbonyl (C=O) groups is 1. The van der Waals surface area contributed by atoms with Gasteiger partial charge in [-0.1, -0.05) is 26.2 Å². The van der Waals surface area contributed by atoms with Gasteiger partial charge in [-0.25, -0.2) is 8.42 Å². The highest BCUT2D eigenvalue weighted by atomic mass is 32.2. The van der Waals surface area contributed by atoms with E-state index in [1.807, 2.05) is 0 Å². The zero-order valence-electron chi connectivity index (χ0n) is 17.4. The van der Waals surface area contributed by atoms with Gasteiger partial charge in [0.25, 0.3) is 0 Å². The van der Waals surface area contributed by atoms with Crippen molar-refractivity contribution < 1.29 is 13.2 Å². The number of amides is 1. The second-order valence-electron chi connectivity index (χ2n) is 8.46. The number of carbonyl (C=O) groups excluding carboxylic acids is 1. The molecule has 0 atom stereocenters. The molecule has 2 fully saturated rings. The fraction of sp³-hybridized carbons (Fsp3) is 0.800. The largest absolute Gasteiger partial charge is 0.353 e. The fourth-order valence-corrected chi connectivity index (χ4v) is 6.22. The number of sulfonamides is 1. The van der Waals surface area contributed by atoms with E-state index < -0.39 is 10.0 Å². The number of aryl methyl sites for hydroxylation is 2. The van der Waals surface area contributed by atoms with E-state index in [0.717, 1.165) is 25.7 Å². The number of rotatable bonds is 6. The van der Waals surface area contributed by atoms with Crippen LogP contribution in [-0.4, -0.2) is 47.5 Å². The maximum Gasteiger partial charge on any atom is 0.246 e. The molecule has 3 rings (SSSR count). The Labute approximate surface area is 168 Å². The van der Waals surface area contributed by atoms with Crippen LogP contribution in [0.2, 0.25) is 0 Å². The Morgan fingerprint density at radius 2 is 1.75 bits per heavy atom. The van der Waals surface area contributed by atoms with E-state index in [1.54, 1.807) is 22.8 Å². The summed E-state index contributed by atoms with van der Waals surface area (Å²) in [6.07, 6.45) is 7.84. The van der Waals surface area contributed by atoms with E-state index in [1.165, 1.54) is 19.3 Å². The van der Waals surface area contributed by atoms with Crippen LogP contribution in [0.25, 0.3) is 0 Å². The summed E-state index contributed by atoms with van der Waals surface area (Å²) >= 11 is 0. The molecule has 1 amide bonds. The third-order valence-electron chi connectivity index (χ3n) is 6.18. The topological polar surface area (TPSA) is 84.3 Å².